The third-order valence-corrected chi connectivity index (χ3v) is 4.82. The van der Waals surface area contributed by atoms with Crippen molar-refractivity contribution in [2.75, 3.05) is 0 Å². The first-order valence-corrected chi connectivity index (χ1v) is 7.46. The summed E-state index contributed by atoms with van der Waals surface area (Å²) in [5.74, 6) is 0.944. The number of nitrogens with zero attached hydrogens (tertiary/aromatic N) is 1. The number of hydrogen-bond acceptors (Lipinski definition) is 1. The van der Waals surface area contributed by atoms with Gasteiger partial charge in [-0.15, -0.1) is 0 Å². The minimum Gasteiger partial charge on any atom is -0.360 e. The van der Waals surface area contributed by atoms with Crippen LogP contribution in [0.2, 0.25) is 0 Å². The van der Waals surface area contributed by atoms with Crippen molar-refractivity contribution in [3.63, 3.8) is 0 Å². The van der Waals surface area contributed by atoms with E-state index in [0.29, 0.717) is 6.04 Å². The summed E-state index contributed by atoms with van der Waals surface area (Å²) >= 11 is 5.64. The molecule has 2 heteroatoms. The average molecular weight is 239 g/mol. The van der Waals surface area contributed by atoms with Crippen LogP contribution >= 0.6 is 12.2 Å². The molecule has 0 amide bonds. The highest BCUT2D eigenvalue weighted by Gasteiger charge is 2.37. The number of hydrogen-bond donors (Lipinski definition) is 0. The summed E-state index contributed by atoms with van der Waals surface area (Å²) in [6, 6.07) is 1.48. The molecule has 0 spiro atoms. The lowest BCUT2D eigenvalue weighted by Gasteiger charge is -2.49. The summed E-state index contributed by atoms with van der Waals surface area (Å²) in [5.41, 5.74) is 0. The van der Waals surface area contributed by atoms with E-state index in [-0.39, 0.29) is 0 Å². The molecule has 2 aliphatic rings. The maximum absolute atomic E-state index is 5.64. The Hall–Kier alpha value is -0.110. The van der Waals surface area contributed by atoms with Crippen LogP contribution in [0.1, 0.15) is 65.2 Å². The average Bonchev–Trinajstić information content (AvgIpc) is 2.29. The Balaban J connectivity index is 2.08. The van der Waals surface area contributed by atoms with E-state index in [0.717, 1.165) is 18.4 Å². The van der Waals surface area contributed by atoms with Gasteiger partial charge < -0.3 is 4.90 Å². The second-order valence-electron chi connectivity index (χ2n) is 5.59. The van der Waals surface area contributed by atoms with Gasteiger partial charge in [0.25, 0.3) is 0 Å². The largest absolute Gasteiger partial charge is 0.360 e. The first-order chi connectivity index (χ1) is 7.74. The molecule has 92 valence electrons. The van der Waals surface area contributed by atoms with Gasteiger partial charge in [0.05, 0.1) is 4.99 Å². The van der Waals surface area contributed by atoms with Crippen molar-refractivity contribution in [3.8, 4) is 0 Å². The maximum Gasteiger partial charge on any atom is 0.0784 e. The molecule has 1 aliphatic carbocycles. The lowest BCUT2D eigenvalue weighted by Crippen LogP contribution is -2.53. The van der Waals surface area contributed by atoms with Gasteiger partial charge in [0, 0.05) is 12.1 Å². The van der Waals surface area contributed by atoms with Gasteiger partial charge in [-0.3, -0.25) is 0 Å². The molecule has 0 N–H and O–H groups in total. The second-order valence-corrected chi connectivity index (χ2v) is 6.06. The molecule has 16 heavy (non-hydrogen) atoms. The molecule has 3 atom stereocenters. The third kappa shape index (κ3) is 2.42. The van der Waals surface area contributed by atoms with E-state index in [1.807, 2.05) is 0 Å². The van der Waals surface area contributed by atoms with Gasteiger partial charge in [0.2, 0.25) is 0 Å². The summed E-state index contributed by atoms with van der Waals surface area (Å²) in [5, 5.41) is 0. The zero-order chi connectivity index (χ0) is 11.5. The number of likely N-dealkylation sites (tertiary alicyclic amines) is 1. The van der Waals surface area contributed by atoms with Gasteiger partial charge in [-0.25, -0.2) is 0 Å². The highest BCUT2D eigenvalue weighted by Crippen LogP contribution is 2.38. The molecule has 0 radical (unpaired) electrons. The van der Waals surface area contributed by atoms with Gasteiger partial charge in [0.15, 0.2) is 0 Å². The van der Waals surface area contributed by atoms with Crippen LogP contribution in [0.3, 0.4) is 0 Å². The second kappa shape index (κ2) is 5.48. The molecule has 1 saturated heterocycles. The third-order valence-electron chi connectivity index (χ3n) is 4.41. The lowest BCUT2D eigenvalue weighted by atomic mass is 9.76. The molecule has 0 bridgehead atoms. The van der Waals surface area contributed by atoms with Crippen molar-refractivity contribution in [1.29, 1.82) is 0 Å². The fraction of sp³-hybridized carbons (Fsp3) is 0.929. The van der Waals surface area contributed by atoms with E-state index in [1.54, 1.807) is 0 Å². The molecule has 3 unspecified atom stereocenters. The quantitative estimate of drug-likeness (QED) is 0.666. The Morgan fingerprint density at radius 1 is 1.19 bits per heavy atom. The first-order valence-electron chi connectivity index (χ1n) is 7.05. The SMILES string of the molecule is CCCC(=S)N1C(C)CCC2CCCCC21. The molecule has 1 heterocycles. The fourth-order valence-corrected chi connectivity index (χ4v) is 4.11. The fourth-order valence-electron chi connectivity index (χ4n) is 3.59. The Kier molecular flexibility index (Phi) is 4.23. The van der Waals surface area contributed by atoms with Gasteiger partial charge in [-0.2, -0.15) is 0 Å². The molecule has 0 aromatic carbocycles. The van der Waals surface area contributed by atoms with E-state index in [4.69, 9.17) is 12.2 Å². The van der Waals surface area contributed by atoms with E-state index in [2.05, 4.69) is 18.7 Å². The number of thiocarbonyl (C=S) groups is 1. The summed E-state index contributed by atoms with van der Waals surface area (Å²) in [4.78, 5) is 3.86. The van der Waals surface area contributed by atoms with Gasteiger partial charge in [-0.05, 0) is 51.4 Å². The topological polar surface area (TPSA) is 3.24 Å². The maximum atomic E-state index is 5.64. The molecule has 2 rings (SSSR count). The van der Waals surface area contributed by atoms with E-state index in [1.165, 1.54) is 49.9 Å². The van der Waals surface area contributed by atoms with Crippen molar-refractivity contribution in [1.82, 2.24) is 4.90 Å². The summed E-state index contributed by atoms with van der Waals surface area (Å²) in [6.45, 7) is 4.60. The number of rotatable bonds is 2. The standard InChI is InChI=1S/C14H25NS/c1-3-6-14(16)15-11(2)9-10-12-7-4-5-8-13(12)15/h11-13H,3-10H2,1-2H3. The van der Waals surface area contributed by atoms with Crippen LogP contribution in [0.5, 0.6) is 0 Å². The number of piperidine rings is 1. The normalized spacial score (nSPS) is 34.6. The Morgan fingerprint density at radius 2 is 1.94 bits per heavy atom. The Morgan fingerprint density at radius 3 is 2.69 bits per heavy atom. The highest BCUT2D eigenvalue weighted by atomic mass is 32.1. The Labute approximate surface area is 106 Å². The summed E-state index contributed by atoms with van der Waals surface area (Å²) < 4.78 is 0. The van der Waals surface area contributed by atoms with E-state index >= 15 is 0 Å². The molecule has 1 nitrogen and oxygen atoms in total. The van der Waals surface area contributed by atoms with E-state index in [9.17, 15) is 0 Å². The monoisotopic (exact) mass is 239 g/mol. The number of fused-ring (bicyclic) bond motifs is 1. The van der Waals surface area contributed by atoms with Crippen molar-refractivity contribution < 1.29 is 0 Å². The molecular weight excluding hydrogens is 214 g/mol. The van der Waals surface area contributed by atoms with E-state index < -0.39 is 0 Å². The van der Waals surface area contributed by atoms with Crippen LogP contribution in [-0.4, -0.2) is 22.0 Å². The van der Waals surface area contributed by atoms with Crippen LogP contribution in [0.4, 0.5) is 0 Å². The highest BCUT2D eigenvalue weighted by molar-refractivity contribution is 7.80. The summed E-state index contributed by atoms with van der Waals surface area (Å²) in [7, 11) is 0. The molecule has 2 fully saturated rings. The van der Waals surface area contributed by atoms with Crippen molar-refractivity contribution >= 4 is 17.2 Å². The predicted molar refractivity (Wildman–Crippen MR) is 73.8 cm³/mol. The molecule has 0 aromatic rings. The summed E-state index contributed by atoms with van der Waals surface area (Å²) in [6.07, 6.45) is 10.8. The zero-order valence-corrected chi connectivity index (χ0v) is 11.6. The van der Waals surface area contributed by atoms with Gasteiger partial charge in [0.1, 0.15) is 0 Å². The smallest absolute Gasteiger partial charge is 0.0784 e. The minimum absolute atomic E-state index is 0.693. The first kappa shape index (κ1) is 12.3. The van der Waals surface area contributed by atoms with Crippen LogP contribution < -0.4 is 0 Å². The Bertz CT molecular complexity index is 251. The van der Waals surface area contributed by atoms with Crippen molar-refractivity contribution in [2.45, 2.75) is 77.3 Å². The van der Waals surface area contributed by atoms with Crippen LogP contribution in [0.25, 0.3) is 0 Å². The zero-order valence-electron chi connectivity index (χ0n) is 10.7. The minimum atomic E-state index is 0.693. The van der Waals surface area contributed by atoms with Crippen LogP contribution in [0.15, 0.2) is 0 Å². The van der Waals surface area contributed by atoms with Crippen molar-refractivity contribution in [3.05, 3.63) is 0 Å². The molecule has 1 aliphatic heterocycles. The predicted octanol–water partition coefficient (Wildman–Crippen LogP) is 4.16. The molecule has 1 saturated carbocycles. The van der Waals surface area contributed by atoms with Crippen LogP contribution in [0, 0.1) is 5.92 Å². The van der Waals surface area contributed by atoms with Crippen LogP contribution in [-0.2, 0) is 0 Å². The lowest BCUT2D eigenvalue weighted by molar-refractivity contribution is 0.0814. The molecule has 0 aromatic heterocycles. The van der Waals surface area contributed by atoms with Gasteiger partial charge in [-0.1, -0.05) is 32.0 Å². The van der Waals surface area contributed by atoms with Gasteiger partial charge >= 0.3 is 0 Å². The molecular formula is C14H25NS. The van der Waals surface area contributed by atoms with Crippen molar-refractivity contribution in [2.24, 2.45) is 5.92 Å².